The Morgan fingerprint density at radius 3 is 2.57 bits per heavy atom. The predicted molar refractivity (Wildman–Crippen MR) is 81.5 cm³/mol. The van der Waals surface area contributed by atoms with E-state index in [1.165, 1.54) is 18.5 Å². The molecule has 0 spiro atoms. The summed E-state index contributed by atoms with van der Waals surface area (Å²) in [7, 11) is 0. The van der Waals surface area contributed by atoms with Crippen molar-refractivity contribution >= 4 is 23.7 Å². The van der Waals surface area contributed by atoms with E-state index in [1.807, 2.05) is 4.90 Å². The topological polar surface area (TPSA) is 61.4 Å². The van der Waals surface area contributed by atoms with Gasteiger partial charge in [-0.2, -0.15) is 0 Å². The number of halogens is 2. The maximum Gasteiger partial charge on any atom is 0.209 e. The normalized spacial score (nSPS) is 14.7. The number of piperazine rings is 1. The van der Waals surface area contributed by atoms with Crippen LogP contribution < -0.4 is 10.2 Å². The highest BCUT2D eigenvalue weighted by molar-refractivity contribution is 5.60. The van der Waals surface area contributed by atoms with E-state index in [2.05, 4.69) is 15.3 Å². The highest BCUT2D eigenvalue weighted by atomic mass is 19.1. The summed E-state index contributed by atoms with van der Waals surface area (Å²) in [4.78, 5) is 22.7. The predicted octanol–water partition coefficient (Wildman–Crippen LogP) is 1.78. The molecule has 1 aliphatic rings. The van der Waals surface area contributed by atoms with Crippen LogP contribution in [0.15, 0.2) is 30.6 Å². The summed E-state index contributed by atoms with van der Waals surface area (Å²) in [5, 5.41) is 2.81. The lowest BCUT2D eigenvalue weighted by Crippen LogP contribution is -2.46. The average molecular weight is 319 g/mol. The van der Waals surface area contributed by atoms with Crippen LogP contribution in [-0.2, 0) is 4.79 Å². The number of hydrogen-bond acceptors (Lipinski definition) is 5. The molecule has 2 heterocycles. The van der Waals surface area contributed by atoms with E-state index >= 15 is 0 Å². The van der Waals surface area contributed by atoms with Crippen molar-refractivity contribution in [1.82, 2.24) is 14.9 Å². The van der Waals surface area contributed by atoms with Gasteiger partial charge in [0.05, 0.1) is 5.69 Å². The van der Waals surface area contributed by atoms with Crippen molar-refractivity contribution in [3.63, 3.8) is 0 Å². The van der Waals surface area contributed by atoms with E-state index in [-0.39, 0.29) is 5.69 Å². The first kappa shape index (κ1) is 15.1. The van der Waals surface area contributed by atoms with Gasteiger partial charge in [-0.3, -0.25) is 4.79 Å². The molecular weight excluding hydrogens is 304 g/mol. The van der Waals surface area contributed by atoms with Crippen molar-refractivity contribution < 1.29 is 13.6 Å². The van der Waals surface area contributed by atoms with Gasteiger partial charge < -0.3 is 15.1 Å². The van der Waals surface area contributed by atoms with E-state index in [9.17, 15) is 13.6 Å². The molecular formula is C15H15F2N5O. The van der Waals surface area contributed by atoms with Crippen LogP contribution in [-0.4, -0.2) is 47.5 Å². The summed E-state index contributed by atoms with van der Waals surface area (Å²) >= 11 is 0. The van der Waals surface area contributed by atoms with Gasteiger partial charge >= 0.3 is 0 Å². The number of nitrogens with one attached hydrogen (secondary N) is 1. The van der Waals surface area contributed by atoms with Gasteiger partial charge in [0.2, 0.25) is 6.41 Å². The highest BCUT2D eigenvalue weighted by Crippen LogP contribution is 2.22. The van der Waals surface area contributed by atoms with Gasteiger partial charge in [0.15, 0.2) is 0 Å². The molecule has 1 saturated heterocycles. The molecule has 0 radical (unpaired) electrons. The second kappa shape index (κ2) is 6.55. The van der Waals surface area contributed by atoms with Gasteiger partial charge in [-0.05, 0) is 12.1 Å². The van der Waals surface area contributed by atoms with E-state index in [0.717, 1.165) is 12.5 Å². The minimum absolute atomic E-state index is 0.141. The third kappa shape index (κ3) is 3.53. The standard InChI is InChI=1S/C15H15F2N5O/c16-11-1-2-13(12(17)7-11)20-14-8-15(19-9-18-14)22-5-3-21(10-23)4-6-22/h1-2,7-10H,3-6H2,(H,18,19,20). The number of amides is 1. The van der Waals surface area contributed by atoms with Crippen LogP contribution in [0.3, 0.4) is 0 Å². The molecule has 8 heteroatoms. The Balaban J connectivity index is 1.74. The Hall–Kier alpha value is -2.77. The van der Waals surface area contributed by atoms with Crippen molar-refractivity contribution in [2.75, 3.05) is 36.4 Å². The van der Waals surface area contributed by atoms with Crippen molar-refractivity contribution in [3.05, 3.63) is 42.2 Å². The molecule has 1 aliphatic heterocycles. The van der Waals surface area contributed by atoms with Gasteiger partial charge in [-0.15, -0.1) is 0 Å². The van der Waals surface area contributed by atoms with E-state index in [1.54, 1.807) is 11.0 Å². The molecule has 0 atom stereocenters. The molecule has 6 nitrogen and oxygen atoms in total. The fourth-order valence-electron chi connectivity index (χ4n) is 2.37. The van der Waals surface area contributed by atoms with Crippen molar-refractivity contribution in [2.24, 2.45) is 0 Å². The molecule has 1 aromatic heterocycles. The maximum atomic E-state index is 13.7. The van der Waals surface area contributed by atoms with Crippen LogP contribution in [0.4, 0.5) is 26.1 Å². The zero-order valence-electron chi connectivity index (χ0n) is 12.2. The van der Waals surface area contributed by atoms with Crippen molar-refractivity contribution in [1.29, 1.82) is 0 Å². The number of benzene rings is 1. The maximum absolute atomic E-state index is 13.7. The fourth-order valence-corrected chi connectivity index (χ4v) is 2.37. The Kier molecular flexibility index (Phi) is 4.31. The number of hydrogen-bond donors (Lipinski definition) is 1. The first-order valence-corrected chi connectivity index (χ1v) is 7.14. The van der Waals surface area contributed by atoms with Crippen molar-refractivity contribution in [2.45, 2.75) is 0 Å². The molecule has 0 aliphatic carbocycles. The lowest BCUT2D eigenvalue weighted by Gasteiger charge is -2.33. The fraction of sp³-hybridized carbons (Fsp3) is 0.267. The minimum Gasteiger partial charge on any atom is -0.353 e. The highest BCUT2D eigenvalue weighted by Gasteiger charge is 2.17. The van der Waals surface area contributed by atoms with Crippen LogP contribution in [0.5, 0.6) is 0 Å². The van der Waals surface area contributed by atoms with Crippen LogP contribution >= 0.6 is 0 Å². The minimum atomic E-state index is -0.690. The summed E-state index contributed by atoms with van der Waals surface area (Å²) in [5.74, 6) is -0.219. The lowest BCUT2D eigenvalue weighted by molar-refractivity contribution is -0.118. The summed E-state index contributed by atoms with van der Waals surface area (Å²) in [6.45, 7) is 2.59. The Labute approximate surface area is 131 Å². The molecule has 2 aromatic rings. The summed E-state index contributed by atoms with van der Waals surface area (Å²) in [6.07, 6.45) is 2.22. The SMILES string of the molecule is O=CN1CCN(c2cc(Nc3ccc(F)cc3F)ncn2)CC1. The van der Waals surface area contributed by atoms with Crippen LogP contribution in [0.2, 0.25) is 0 Å². The van der Waals surface area contributed by atoms with Crippen LogP contribution in [0.1, 0.15) is 0 Å². The Morgan fingerprint density at radius 1 is 1.09 bits per heavy atom. The third-order valence-electron chi connectivity index (χ3n) is 3.63. The first-order chi connectivity index (χ1) is 11.2. The lowest BCUT2D eigenvalue weighted by atomic mass is 10.3. The van der Waals surface area contributed by atoms with E-state index in [4.69, 9.17) is 0 Å². The molecule has 3 rings (SSSR count). The van der Waals surface area contributed by atoms with Gasteiger partial charge in [-0.1, -0.05) is 0 Å². The van der Waals surface area contributed by atoms with Gasteiger partial charge in [-0.25, -0.2) is 18.7 Å². The molecule has 1 amide bonds. The van der Waals surface area contributed by atoms with Gasteiger partial charge in [0, 0.05) is 38.3 Å². The molecule has 120 valence electrons. The molecule has 23 heavy (non-hydrogen) atoms. The smallest absolute Gasteiger partial charge is 0.209 e. The van der Waals surface area contributed by atoms with E-state index in [0.29, 0.717) is 37.8 Å². The second-order valence-electron chi connectivity index (χ2n) is 5.14. The molecule has 0 bridgehead atoms. The van der Waals surface area contributed by atoms with Crippen LogP contribution in [0, 0.1) is 11.6 Å². The number of nitrogens with zero attached hydrogens (tertiary/aromatic N) is 4. The number of aromatic nitrogens is 2. The molecule has 1 N–H and O–H groups in total. The Bertz CT molecular complexity index is 704. The Morgan fingerprint density at radius 2 is 1.87 bits per heavy atom. The molecule has 1 aromatic carbocycles. The zero-order valence-corrected chi connectivity index (χ0v) is 12.2. The first-order valence-electron chi connectivity index (χ1n) is 7.14. The zero-order chi connectivity index (χ0) is 16.2. The molecule has 0 saturated carbocycles. The number of carbonyl (C=O) groups is 1. The second-order valence-corrected chi connectivity index (χ2v) is 5.14. The van der Waals surface area contributed by atoms with Gasteiger partial charge in [0.1, 0.15) is 29.6 Å². The molecule has 1 fully saturated rings. The van der Waals surface area contributed by atoms with Crippen LogP contribution in [0.25, 0.3) is 0 Å². The molecule has 0 unspecified atom stereocenters. The average Bonchev–Trinajstić information content (AvgIpc) is 2.58. The summed E-state index contributed by atoms with van der Waals surface area (Å²) in [5.41, 5.74) is 0.141. The largest absolute Gasteiger partial charge is 0.353 e. The summed E-state index contributed by atoms with van der Waals surface area (Å²) < 4.78 is 26.6. The van der Waals surface area contributed by atoms with E-state index < -0.39 is 11.6 Å². The number of carbonyl (C=O) groups excluding carboxylic acids is 1. The summed E-state index contributed by atoms with van der Waals surface area (Å²) in [6, 6.07) is 4.99. The number of anilines is 3. The van der Waals surface area contributed by atoms with Gasteiger partial charge in [0.25, 0.3) is 0 Å². The third-order valence-corrected chi connectivity index (χ3v) is 3.63. The quantitative estimate of drug-likeness (QED) is 0.871. The monoisotopic (exact) mass is 319 g/mol. The number of rotatable bonds is 4. The van der Waals surface area contributed by atoms with Crippen molar-refractivity contribution in [3.8, 4) is 0 Å².